The van der Waals surface area contributed by atoms with E-state index in [1.165, 1.54) is 23.1 Å². The van der Waals surface area contributed by atoms with Crippen molar-refractivity contribution < 1.29 is 28.6 Å². The lowest BCUT2D eigenvalue weighted by Crippen LogP contribution is -2.54. The van der Waals surface area contributed by atoms with Gasteiger partial charge in [-0.15, -0.1) is 0 Å². The van der Waals surface area contributed by atoms with Gasteiger partial charge in [0.05, 0.1) is 18.3 Å². The molecule has 1 N–H and O–H groups in total. The summed E-state index contributed by atoms with van der Waals surface area (Å²) in [7, 11) is 0. The van der Waals surface area contributed by atoms with Crippen LogP contribution in [0.5, 0.6) is 5.75 Å². The molecule has 0 saturated carbocycles. The Kier molecular flexibility index (Phi) is 6.05. The van der Waals surface area contributed by atoms with Crippen molar-refractivity contribution >= 4 is 46.9 Å². The fourth-order valence-corrected chi connectivity index (χ4v) is 3.62. The third-order valence-corrected chi connectivity index (χ3v) is 5.12. The first kappa shape index (κ1) is 22.0. The maximum Gasteiger partial charge on any atom is 0.270 e. The molecule has 3 aromatic rings. The van der Waals surface area contributed by atoms with Crippen LogP contribution in [-0.2, 0) is 9.59 Å². The molecule has 1 aromatic heterocycles. The minimum atomic E-state index is -1.34. The van der Waals surface area contributed by atoms with Crippen LogP contribution in [0.3, 0.4) is 0 Å². The van der Waals surface area contributed by atoms with Crippen LogP contribution in [0.2, 0.25) is 0 Å². The highest BCUT2D eigenvalue weighted by Gasteiger charge is 2.34. The Bertz CT molecular complexity index is 1290. The van der Waals surface area contributed by atoms with E-state index in [0.717, 1.165) is 0 Å². The summed E-state index contributed by atoms with van der Waals surface area (Å²) in [6.07, 6.45) is 1.28. The van der Waals surface area contributed by atoms with Gasteiger partial charge in [-0.3, -0.25) is 19.8 Å². The summed E-state index contributed by atoms with van der Waals surface area (Å²) in [6, 6.07) is 16.0. The van der Waals surface area contributed by atoms with E-state index in [4.69, 9.17) is 21.4 Å². The summed E-state index contributed by atoms with van der Waals surface area (Å²) < 4.78 is 11.1. The number of ether oxygens (including phenoxy) is 1. The first-order valence-electron chi connectivity index (χ1n) is 9.94. The van der Waals surface area contributed by atoms with Crippen molar-refractivity contribution in [1.29, 1.82) is 0 Å². The smallest absolute Gasteiger partial charge is 0.270 e. The van der Waals surface area contributed by atoms with Crippen molar-refractivity contribution in [2.24, 2.45) is 0 Å². The zero-order valence-corrected chi connectivity index (χ0v) is 18.2. The van der Waals surface area contributed by atoms with E-state index in [0.29, 0.717) is 23.6 Å². The molecule has 1 aliphatic rings. The van der Waals surface area contributed by atoms with Crippen molar-refractivity contribution in [3.05, 3.63) is 77.6 Å². The molecular formula is C24H17N2O6S-. The normalized spacial score (nSPS) is 15.0. The maximum absolute atomic E-state index is 13.1. The van der Waals surface area contributed by atoms with Crippen LogP contribution in [0.25, 0.3) is 17.4 Å². The number of anilines is 1. The van der Waals surface area contributed by atoms with Gasteiger partial charge in [-0.05, 0) is 61.6 Å². The number of hydrogen-bond donors (Lipinski definition) is 1. The molecule has 1 fully saturated rings. The summed E-state index contributed by atoms with van der Waals surface area (Å²) in [5.41, 5.74) is 0.553. The van der Waals surface area contributed by atoms with E-state index >= 15 is 0 Å². The highest BCUT2D eigenvalue weighted by Crippen LogP contribution is 2.28. The molecule has 4 rings (SSSR count). The Morgan fingerprint density at radius 1 is 1.12 bits per heavy atom. The average molecular weight is 461 g/mol. The molecule has 1 aliphatic heterocycles. The summed E-state index contributed by atoms with van der Waals surface area (Å²) >= 11 is 5.20. The molecule has 2 amide bonds. The fourth-order valence-electron chi connectivity index (χ4n) is 3.34. The number of benzene rings is 2. The molecule has 0 spiro atoms. The number of aromatic carboxylic acids is 1. The quantitative estimate of drug-likeness (QED) is 0.341. The lowest BCUT2D eigenvalue weighted by molar-refractivity contribution is -0.255. The fraction of sp³-hybridized carbons (Fsp3) is 0.0833. The van der Waals surface area contributed by atoms with Gasteiger partial charge in [0.2, 0.25) is 0 Å². The molecule has 9 heteroatoms. The standard InChI is InChI=1S/C24H18N2O6S/c1-2-31-15-9-7-14(8-10-15)26-22(28)19(21(27)25-24(26)33)13-16-11-12-20(32-16)17-5-3-4-6-18(17)23(29)30/h3-13H,2H2,1H3,(H,29,30)(H,25,27,33)/p-1/b19-13+. The van der Waals surface area contributed by atoms with Crippen LogP contribution in [0.15, 0.2) is 70.7 Å². The van der Waals surface area contributed by atoms with Crippen molar-refractivity contribution in [3.63, 3.8) is 0 Å². The molecule has 8 nitrogen and oxygen atoms in total. The van der Waals surface area contributed by atoms with Crippen LogP contribution in [-0.4, -0.2) is 29.5 Å². The minimum absolute atomic E-state index is 0.0374. The molecule has 0 atom stereocenters. The van der Waals surface area contributed by atoms with Gasteiger partial charge < -0.3 is 19.1 Å². The Hall–Kier alpha value is -4.24. The van der Waals surface area contributed by atoms with Crippen LogP contribution < -0.4 is 20.1 Å². The molecule has 0 aliphatic carbocycles. The molecule has 2 heterocycles. The van der Waals surface area contributed by atoms with Crippen molar-refractivity contribution in [1.82, 2.24) is 5.32 Å². The van der Waals surface area contributed by atoms with Gasteiger partial charge in [0.25, 0.3) is 11.8 Å². The van der Waals surface area contributed by atoms with Crippen LogP contribution in [0.1, 0.15) is 23.0 Å². The van der Waals surface area contributed by atoms with Crippen molar-refractivity contribution in [3.8, 4) is 17.1 Å². The zero-order valence-electron chi connectivity index (χ0n) is 17.4. The predicted octanol–water partition coefficient (Wildman–Crippen LogP) is 2.54. The highest BCUT2D eigenvalue weighted by molar-refractivity contribution is 7.80. The van der Waals surface area contributed by atoms with Crippen molar-refractivity contribution in [2.75, 3.05) is 11.5 Å². The Labute approximate surface area is 194 Å². The summed E-state index contributed by atoms with van der Waals surface area (Å²) in [4.78, 5) is 38.2. The number of carbonyl (C=O) groups is 3. The third-order valence-electron chi connectivity index (χ3n) is 4.83. The Balaban J connectivity index is 1.65. The number of carboxylic acid groups (broad SMARTS) is 1. The second-order valence-electron chi connectivity index (χ2n) is 6.92. The first-order valence-corrected chi connectivity index (χ1v) is 10.3. The predicted molar refractivity (Wildman–Crippen MR) is 122 cm³/mol. The second-order valence-corrected chi connectivity index (χ2v) is 7.31. The maximum atomic E-state index is 13.1. The molecule has 0 bridgehead atoms. The molecule has 0 unspecified atom stereocenters. The summed E-state index contributed by atoms with van der Waals surface area (Å²) in [5, 5.41) is 13.8. The number of furan rings is 1. The monoisotopic (exact) mass is 461 g/mol. The topological polar surface area (TPSA) is 112 Å². The van der Waals surface area contributed by atoms with E-state index in [1.807, 2.05) is 6.92 Å². The largest absolute Gasteiger partial charge is 0.545 e. The summed E-state index contributed by atoms with van der Waals surface area (Å²) in [5.74, 6) is -1.55. The first-order chi connectivity index (χ1) is 15.9. The van der Waals surface area contributed by atoms with Crippen LogP contribution in [0.4, 0.5) is 5.69 Å². The third kappa shape index (κ3) is 4.39. The van der Waals surface area contributed by atoms with Gasteiger partial charge in [0.15, 0.2) is 5.11 Å². The SMILES string of the molecule is CCOc1ccc(N2C(=O)/C(=C/c3ccc(-c4ccccc4C(=O)[O-])o3)C(=O)NC2=S)cc1. The number of nitrogens with one attached hydrogen (secondary N) is 1. The Morgan fingerprint density at radius 2 is 1.85 bits per heavy atom. The average Bonchev–Trinajstić information content (AvgIpc) is 3.26. The van der Waals surface area contributed by atoms with E-state index in [2.05, 4.69) is 5.32 Å². The van der Waals surface area contributed by atoms with E-state index in [1.54, 1.807) is 48.5 Å². The molecule has 2 aromatic carbocycles. The lowest BCUT2D eigenvalue weighted by atomic mass is 10.1. The second kappa shape index (κ2) is 9.09. The molecule has 33 heavy (non-hydrogen) atoms. The number of thiocarbonyl (C=S) groups is 1. The van der Waals surface area contributed by atoms with Gasteiger partial charge in [-0.1, -0.05) is 24.3 Å². The molecule has 1 saturated heterocycles. The van der Waals surface area contributed by atoms with E-state index in [9.17, 15) is 19.5 Å². The highest BCUT2D eigenvalue weighted by atomic mass is 32.1. The van der Waals surface area contributed by atoms with Crippen molar-refractivity contribution in [2.45, 2.75) is 6.92 Å². The lowest BCUT2D eigenvalue weighted by Gasteiger charge is -2.28. The van der Waals surface area contributed by atoms with Gasteiger partial charge in [0, 0.05) is 11.1 Å². The number of hydrogen-bond acceptors (Lipinski definition) is 7. The molecule has 0 radical (unpaired) electrons. The number of nitrogens with zero attached hydrogens (tertiary/aromatic N) is 1. The van der Waals surface area contributed by atoms with Gasteiger partial charge in [0.1, 0.15) is 22.8 Å². The molecule has 166 valence electrons. The number of carbonyl (C=O) groups excluding carboxylic acids is 3. The van der Waals surface area contributed by atoms with Crippen LogP contribution in [0, 0.1) is 0 Å². The molecular weight excluding hydrogens is 444 g/mol. The van der Waals surface area contributed by atoms with E-state index < -0.39 is 17.8 Å². The number of carboxylic acids is 1. The van der Waals surface area contributed by atoms with Gasteiger partial charge in [-0.2, -0.15) is 0 Å². The number of rotatable bonds is 6. The van der Waals surface area contributed by atoms with Crippen LogP contribution >= 0.6 is 12.2 Å². The summed E-state index contributed by atoms with van der Waals surface area (Å²) in [6.45, 7) is 2.36. The van der Waals surface area contributed by atoms with E-state index in [-0.39, 0.29) is 27.8 Å². The van der Waals surface area contributed by atoms with Gasteiger partial charge >= 0.3 is 0 Å². The Morgan fingerprint density at radius 3 is 2.55 bits per heavy atom. The van der Waals surface area contributed by atoms with Gasteiger partial charge in [-0.25, -0.2) is 0 Å². The zero-order chi connectivity index (χ0) is 23.5. The minimum Gasteiger partial charge on any atom is -0.545 e. The number of amides is 2.